The summed E-state index contributed by atoms with van der Waals surface area (Å²) in [6.07, 6.45) is 3.03. The minimum atomic E-state index is -0.882. The second kappa shape index (κ2) is 11.8. The van der Waals surface area contributed by atoms with Gasteiger partial charge in [0.05, 0.1) is 11.6 Å². The molecule has 1 unspecified atom stereocenters. The summed E-state index contributed by atoms with van der Waals surface area (Å²) in [7, 11) is 0. The number of halogens is 1. The highest BCUT2D eigenvalue weighted by atomic mass is 32.2. The van der Waals surface area contributed by atoms with E-state index < -0.39 is 23.5 Å². The zero-order valence-corrected chi connectivity index (χ0v) is 24.4. The van der Waals surface area contributed by atoms with Gasteiger partial charge in [-0.15, -0.1) is 10.2 Å². The second-order valence-corrected chi connectivity index (χ2v) is 12.8. The first-order valence-corrected chi connectivity index (χ1v) is 14.8. The highest BCUT2D eigenvalue weighted by Gasteiger charge is 2.45. The molecule has 9 heteroatoms. The molecule has 1 aliphatic rings. The molecule has 1 aliphatic heterocycles. The van der Waals surface area contributed by atoms with Gasteiger partial charge in [-0.2, -0.15) is 0 Å². The molecule has 5 rings (SSSR count). The van der Waals surface area contributed by atoms with Crippen LogP contribution in [0.4, 0.5) is 9.52 Å². The molecule has 1 amide bonds. The summed E-state index contributed by atoms with van der Waals surface area (Å²) < 4.78 is 13.9. The van der Waals surface area contributed by atoms with Crippen molar-refractivity contribution in [3.8, 4) is 0 Å². The van der Waals surface area contributed by atoms with E-state index in [1.807, 2.05) is 54.6 Å². The van der Waals surface area contributed by atoms with Crippen molar-refractivity contribution in [1.82, 2.24) is 10.2 Å². The van der Waals surface area contributed by atoms with Crippen LogP contribution in [0.1, 0.15) is 49.1 Å². The third kappa shape index (κ3) is 6.31. The first-order chi connectivity index (χ1) is 19.6. The number of rotatable bonds is 8. The molecule has 0 radical (unpaired) electrons. The fourth-order valence-electron chi connectivity index (χ4n) is 4.44. The van der Waals surface area contributed by atoms with E-state index in [9.17, 15) is 19.1 Å². The first-order valence-electron chi connectivity index (χ1n) is 13.0. The van der Waals surface area contributed by atoms with Gasteiger partial charge in [0.25, 0.3) is 5.91 Å². The first kappa shape index (κ1) is 28.4. The normalized spacial score (nSPS) is 15.8. The molecule has 4 aromatic rings. The lowest BCUT2D eigenvalue weighted by molar-refractivity contribution is -0.117. The molecule has 1 aromatic heterocycles. The van der Waals surface area contributed by atoms with Crippen molar-refractivity contribution in [2.45, 2.75) is 42.3 Å². The van der Waals surface area contributed by atoms with E-state index in [4.69, 9.17) is 0 Å². The Kier molecular flexibility index (Phi) is 8.19. The predicted octanol–water partition coefficient (Wildman–Crippen LogP) is 7.45. The van der Waals surface area contributed by atoms with Crippen LogP contribution in [0, 0.1) is 5.82 Å². The molecule has 0 saturated heterocycles. The summed E-state index contributed by atoms with van der Waals surface area (Å²) in [6.45, 7) is 6.32. The Labute approximate surface area is 246 Å². The molecule has 41 heavy (non-hydrogen) atoms. The quantitative estimate of drug-likeness (QED) is 0.131. The Balaban J connectivity index is 1.48. The number of carbonyl (C=O) groups excluding carboxylic acids is 2. The number of aromatic nitrogens is 2. The van der Waals surface area contributed by atoms with E-state index in [-0.39, 0.29) is 21.9 Å². The van der Waals surface area contributed by atoms with Crippen molar-refractivity contribution in [2.24, 2.45) is 0 Å². The number of benzene rings is 3. The number of allylic oxidation sites excluding steroid dienone is 1. The van der Waals surface area contributed by atoms with Crippen LogP contribution in [0.25, 0.3) is 6.08 Å². The summed E-state index contributed by atoms with van der Waals surface area (Å²) >= 11 is 2.60. The lowest BCUT2D eigenvalue weighted by atomic mass is 9.85. The second-order valence-electron chi connectivity index (χ2n) is 10.6. The summed E-state index contributed by atoms with van der Waals surface area (Å²) in [6, 6.07) is 22.4. The third-order valence-corrected chi connectivity index (χ3v) is 8.80. The molecule has 0 saturated carbocycles. The Morgan fingerprint density at radius 3 is 2.37 bits per heavy atom. The number of aliphatic hydroxyl groups is 1. The number of nitrogens with zero attached hydrogens (tertiary/aromatic N) is 3. The summed E-state index contributed by atoms with van der Waals surface area (Å²) in [5.74, 6) is -1.55. The SMILES string of the molecule is CC(C)(C)c1ccc(C2C(C(=O)/C=C/c3ccccc3)=C(O)C(=O)N2c2nnc(SCc3ccc(F)cc3)s2)cc1. The number of thioether (sulfide) groups is 1. The molecular weight excluding hydrogens is 558 g/mol. The van der Waals surface area contributed by atoms with E-state index >= 15 is 0 Å². The lowest BCUT2D eigenvalue weighted by Gasteiger charge is -2.25. The average molecular weight is 586 g/mol. The zero-order chi connectivity index (χ0) is 29.1. The van der Waals surface area contributed by atoms with Crippen molar-refractivity contribution >= 4 is 46.0 Å². The van der Waals surface area contributed by atoms with Crippen LogP contribution >= 0.6 is 23.1 Å². The van der Waals surface area contributed by atoms with Gasteiger partial charge in [0.15, 0.2) is 15.9 Å². The predicted molar refractivity (Wildman–Crippen MR) is 161 cm³/mol. The van der Waals surface area contributed by atoms with Gasteiger partial charge in [0.2, 0.25) is 5.13 Å². The summed E-state index contributed by atoms with van der Waals surface area (Å²) in [4.78, 5) is 28.3. The topological polar surface area (TPSA) is 83.4 Å². The average Bonchev–Trinajstić information content (AvgIpc) is 3.53. The fourth-order valence-corrected chi connectivity index (χ4v) is 6.27. The van der Waals surface area contributed by atoms with Crippen molar-refractivity contribution in [2.75, 3.05) is 4.90 Å². The van der Waals surface area contributed by atoms with Crippen molar-refractivity contribution in [1.29, 1.82) is 0 Å². The molecule has 3 aromatic carbocycles. The number of hydrogen-bond donors (Lipinski definition) is 1. The number of ketones is 1. The van der Waals surface area contributed by atoms with Gasteiger partial charge in [-0.1, -0.05) is 117 Å². The third-order valence-electron chi connectivity index (χ3n) is 6.67. The number of carbonyl (C=O) groups is 2. The molecule has 1 atom stereocenters. The fraction of sp³-hybridized carbons (Fsp3) is 0.188. The minimum absolute atomic E-state index is 0.0126. The summed E-state index contributed by atoms with van der Waals surface area (Å²) in [5.41, 5.74) is 3.40. The molecule has 0 bridgehead atoms. The molecular formula is C32H28FN3O3S2. The molecule has 0 aliphatic carbocycles. The monoisotopic (exact) mass is 585 g/mol. The lowest BCUT2D eigenvalue weighted by Crippen LogP contribution is -2.31. The smallest absolute Gasteiger partial charge is 0.296 e. The van der Waals surface area contributed by atoms with Crippen LogP contribution in [0.3, 0.4) is 0 Å². The number of amides is 1. The van der Waals surface area contributed by atoms with Crippen molar-refractivity contribution < 1.29 is 19.1 Å². The molecule has 6 nitrogen and oxygen atoms in total. The highest BCUT2D eigenvalue weighted by Crippen LogP contribution is 2.43. The molecule has 208 valence electrons. The Bertz CT molecular complexity index is 1620. The Morgan fingerprint density at radius 1 is 1.02 bits per heavy atom. The van der Waals surface area contributed by atoms with E-state index in [0.717, 1.165) is 16.7 Å². The Hall–Kier alpha value is -4.08. The van der Waals surface area contributed by atoms with Crippen LogP contribution in [0.2, 0.25) is 0 Å². The number of anilines is 1. The maximum atomic E-state index is 13.5. The Morgan fingerprint density at radius 2 is 1.71 bits per heavy atom. The van der Waals surface area contributed by atoms with Crippen molar-refractivity contribution in [3.05, 3.63) is 124 Å². The van der Waals surface area contributed by atoms with Crippen LogP contribution in [-0.2, 0) is 20.8 Å². The van der Waals surface area contributed by atoms with E-state index in [2.05, 4.69) is 31.0 Å². The summed E-state index contributed by atoms with van der Waals surface area (Å²) in [5, 5.41) is 19.8. The highest BCUT2D eigenvalue weighted by molar-refractivity contribution is 8.00. The zero-order valence-electron chi connectivity index (χ0n) is 22.7. The van der Waals surface area contributed by atoms with Crippen LogP contribution < -0.4 is 4.90 Å². The van der Waals surface area contributed by atoms with Gasteiger partial charge in [0, 0.05) is 5.75 Å². The largest absolute Gasteiger partial charge is 0.503 e. The van der Waals surface area contributed by atoms with E-state index in [1.54, 1.807) is 18.2 Å². The van der Waals surface area contributed by atoms with Gasteiger partial charge >= 0.3 is 0 Å². The van der Waals surface area contributed by atoms with Crippen molar-refractivity contribution in [3.63, 3.8) is 0 Å². The van der Waals surface area contributed by atoms with Gasteiger partial charge in [-0.05, 0) is 45.9 Å². The van der Waals surface area contributed by atoms with E-state index in [1.165, 1.54) is 46.2 Å². The van der Waals surface area contributed by atoms with E-state index in [0.29, 0.717) is 15.7 Å². The van der Waals surface area contributed by atoms with Gasteiger partial charge in [0.1, 0.15) is 5.82 Å². The van der Waals surface area contributed by atoms with Crippen LogP contribution in [0.15, 0.2) is 101 Å². The standard InChI is InChI=1S/C32H28FN3O3S2/c1-32(2,3)23-14-12-22(13-15-23)27-26(25(37)18-11-20-7-5-4-6-8-20)28(38)29(39)36(27)30-34-35-31(41-30)40-19-21-9-16-24(33)17-10-21/h4-18,27,38H,19H2,1-3H3/b18-11+. The number of aliphatic hydroxyl groups excluding tert-OH is 1. The van der Waals surface area contributed by atoms with Gasteiger partial charge < -0.3 is 5.11 Å². The van der Waals surface area contributed by atoms with Gasteiger partial charge in [-0.25, -0.2) is 4.39 Å². The van der Waals surface area contributed by atoms with Gasteiger partial charge in [-0.3, -0.25) is 14.5 Å². The molecule has 0 spiro atoms. The maximum Gasteiger partial charge on any atom is 0.296 e. The maximum absolute atomic E-state index is 13.5. The molecule has 1 N–H and O–H groups in total. The number of hydrogen-bond acceptors (Lipinski definition) is 7. The molecule has 2 heterocycles. The molecule has 0 fully saturated rings. The van der Waals surface area contributed by atoms with Crippen LogP contribution in [0.5, 0.6) is 0 Å². The minimum Gasteiger partial charge on any atom is -0.503 e. The van der Waals surface area contributed by atoms with Crippen LogP contribution in [-0.4, -0.2) is 27.0 Å².